The molecule has 3 aromatic rings. The Kier molecular flexibility index (Phi) is 5.99. The minimum atomic E-state index is -0.695. The summed E-state index contributed by atoms with van der Waals surface area (Å²) in [7, 11) is 3.12. The minimum absolute atomic E-state index is 0.0247. The number of allylic oxidation sites excluding steroid dienone is 1. The number of rotatable bonds is 6. The van der Waals surface area contributed by atoms with E-state index in [0.29, 0.717) is 0 Å². The molecular weight excluding hydrogens is 337 g/mol. The number of ketones is 1. The monoisotopic (exact) mass is 359 g/mol. The highest BCUT2D eigenvalue weighted by molar-refractivity contribution is 7.79. The van der Waals surface area contributed by atoms with E-state index in [9.17, 15) is 4.79 Å². The van der Waals surface area contributed by atoms with Gasteiger partial charge < -0.3 is 4.90 Å². The molecule has 2 nitrogen and oxygen atoms in total. The Hall–Kier alpha value is -2.70. The van der Waals surface area contributed by atoms with Crippen molar-refractivity contribution in [1.82, 2.24) is 4.90 Å². The molecule has 0 heterocycles. The van der Waals surface area contributed by atoms with Gasteiger partial charge in [0.2, 0.25) is 0 Å². The standard InChI is InChI=1S/C23H22NOP/c1-24(2)17-16-23(25)19-10-9-15-22(18-19)26(20-11-5-3-6-12-20)21-13-7-4-8-14-21/h3-18H,1-2H3/b17-16-. The largest absolute Gasteiger partial charge is 0.383 e. The number of carbonyl (C=O) groups excluding carboxylic acids is 1. The van der Waals surface area contributed by atoms with Crippen LogP contribution in [0.3, 0.4) is 0 Å². The van der Waals surface area contributed by atoms with Crippen molar-refractivity contribution in [3.8, 4) is 0 Å². The second kappa shape index (κ2) is 8.60. The van der Waals surface area contributed by atoms with Crippen molar-refractivity contribution >= 4 is 29.6 Å². The molecule has 3 heteroatoms. The molecule has 0 N–H and O–H groups in total. The molecule has 3 aromatic carbocycles. The highest BCUT2D eigenvalue weighted by atomic mass is 31.1. The summed E-state index contributed by atoms with van der Waals surface area (Å²) in [5.74, 6) is 0.0247. The summed E-state index contributed by atoms with van der Waals surface area (Å²) in [6, 6.07) is 29.0. The number of hydrogen-bond acceptors (Lipinski definition) is 2. The lowest BCUT2D eigenvalue weighted by atomic mass is 10.1. The molecule has 0 bridgehead atoms. The molecule has 0 saturated heterocycles. The zero-order chi connectivity index (χ0) is 18.4. The third-order valence-electron chi connectivity index (χ3n) is 3.94. The fourth-order valence-electron chi connectivity index (χ4n) is 2.71. The maximum Gasteiger partial charge on any atom is 0.187 e. The number of nitrogens with zero attached hydrogens (tertiary/aromatic N) is 1. The number of carbonyl (C=O) groups is 1. The van der Waals surface area contributed by atoms with Crippen LogP contribution < -0.4 is 15.9 Å². The summed E-state index contributed by atoms with van der Waals surface area (Å²) >= 11 is 0. The summed E-state index contributed by atoms with van der Waals surface area (Å²) in [6.07, 6.45) is 3.40. The molecule has 0 amide bonds. The summed E-state index contributed by atoms with van der Waals surface area (Å²) < 4.78 is 0. The average Bonchev–Trinajstić information content (AvgIpc) is 2.68. The maximum absolute atomic E-state index is 12.5. The molecule has 0 aromatic heterocycles. The van der Waals surface area contributed by atoms with Crippen molar-refractivity contribution in [3.63, 3.8) is 0 Å². The van der Waals surface area contributed by atoms with Crippen LogP contribution in [0.1, 0.15) is 10.4 Å². The molecule has 0 spiro atoms. The predicted octanol–water partition coefficient (Wildman–Crippen LogP) is 3.70. The highest BCUT2D eigenvalue weighted by Crippen LogP contribution is 2.32. The van der Waals surface area contributed by atoms with Crippen LogP contribution in [0.25, 0.3) is 0 Å². The Bertz CT molecular complexity index is 849. The smallest absolute Gasteiger partial charge is 0.187 e. The molecule has 0 aliphatic rings. The number of benzene rings is 3. The zero-order valence-corrected chi connectivity index (χ0v) is 15.9. The van der Waals surface area contributed by atoms with Gasteiger partial charge in [-0.05, 0) is 29.9 Å². The quantitative estimate of drug-likeness (QED) is 0.380. The van der Waals surface area contributed by atoms with Gasteiger partial charge >= 0.3 is 0 Å². The lowest BCUT2D eigenvalue weighted by Gasteiger charge is -2.19. The highest BCUT2D eigenvalue weighted by Gasteiger charge is 2.17. The molecule has 130 valence electrons. The fourth-order valence-corrected chi connectivity index (χ4v) is 5.05. The molecule has 0 fully saturated rings. The molecule has 0 saturated carbocycles. The first-order valence-corrected chi connectivity index (χ1v) is 9.88. The second-order valence-corrected chi connectivity index (χ2v) is 8.42. The Balaban J connectivity index is 2.03. The van der Waals surface area contributed by atoms with Gasteiger partial charge in [-0.15, -0.1) is 0 Å². The Morgan fingerprint density at radius 3 is 1.85 bits per heavy atom. The summed E-state index contributed by atoms with van der Waals surface area (Å²) in [4.78, 5) is 14.4. The number of hydrogen-bond donors (Lipinski definition) is 0. The molecular formula is C23H22NOP. The van der Waals surface area contributed by atoms with Crippen LogP contribution in [-0.4, -0.2) is 24.8 Å². The Morgan fingerprint density at radius 2 is 1.31 bits per heavy atom. The van der Waals surface area contributed by atoms with E-state index in [0.717, 1.165) is 5.56 Å². The first-order valence-electron chi connectivity index (χ1n) is 8.54. The van der Waals surface area contributed by atoms with Gasteiger partial charge in [-0.1, -0.05) is 78.9 Å². The SMILES string of the molecule is CN(C)/C=C\C(=O)c1cccc(P(c2ccccc2)c2ccccc2)c1. The van der Waals surface area contributed by atoms with E-state index in [4.69, 9.17) is 0 Å². The van der Waals surface area contributed by atoms with Gasteiger partial charge in [0.25, 0.3) is 0 Å². The Labute approximate surface area is 156 Å². The summed E-state index contributed by atoms with van der Waals surface area (Å²) in [6.45, 7) is 0. The zero-order valence-electron chi connectivity index (χ0n) is 15.0. The van der Waals surface area contributed by atoms with Crippen LogP contribution in [0.5, 0.6) is 0 Å². The van der Waals surface area contributed by atoms with Gasteiger partial charge in [0.05, 0.1) is 0 Å². The molecule has 26 heavy (non-hydrogen) atoms. The van der Waals surface area contributed by atoms with Crippen molar-refractivity contribution in [1.29, 1.82) is 0 Å². The van der Waals surface area contributed by atoms with Crippen LogP contribution >= 0.6 is 7.92 Å². The van der Waals surface area contributed by atoms with Crippen molar-refractivity contribution in [3.05, 3.63) is 103 Å². The van der Waals surface area contributed by atoms with E-state index in [2.05, 4.69) is 54.6 Å². The van der Waals surface area contributed by atoms with Crippen molar-refractivity contribution in [2.75, 3.05) is 14.1 Å². The van der Waals surface area contributed by atoms with Crippen molar-refractivity contribution in [2.45, 2.75) is 0 Å². The predicted molar refractivity (Wildman–Crippen MR) is 112 cm³/mol. The van der Waals surface area contributed by atoms with Gasteiger partial charge in [0, 0.05) is 31.9 Å². The van der Waals surface area contributed by atoms with Gasteiger partial charge in [0.1, 0.15) is 0 Å². The van der Waals surface area contributed by atoms with Crippen LogP contribution in [0.4, 0.5) is 0 Å². The molecule has 0 atom stereocenters. The normalized spacial score (nSPS) is 11.0. The van der Waals surface area contributed by atoms with Crippen molar-refractivity contribution in [2.24, 2.45) is 0 Å². The summed E-state index contributed by atoms with van der Waals surface area (Å²) in [5, 5.41) is 3.74. The van der Waals surface area contributed by atoms with E-state index in [1.165, 1.54) is 15.9 Å². The van der Waals surface area contributed by atoms with Crippen LogP contribution in [0, 0.1) is 0 Å². The second-order valence-electron chi connectivity index (χ2n) is 6.20. The van der Waals surface area contributed by atoms with E-state index in [-0.39, 0.29) is 5.78 Å². The third-order valence-corrected chi connectivity index (χ3v) is 6.37. The van der Waals surface area contributed by atoms with Crippen molar-refractivity contribution < 1.29 is 4.79 Å². The molecule has 3 rings (SSSR count). The molecule has 0 aliphatic carbocycles. The van der Waals surface area contributed by atoms with Crippen LogP contribution in [-0.2, 0) is 0 Å². The Morgan fingerprint density at radius 1 is 0.769 bits per heavy atom. The summed E-state index contributed by atoms with van der Waals surface area (Å²) in [5.41, 5.74) is 0.722. The van der Waals surface area contributed by atoms with Gasteiger partial charge in [0.15, 0.2) is 5.78 Å². The van der Waals surface area contributed by atoms with Gasteiger partial charge in [-0.2, -0.15) is 0 Å². The van der Waals surface area contributed by atoms with E-state index >= 15 is 0 Å². The molecule has 0 aliphatic heterocycles. The van der Waals surface area contributed by atoms with E-state index in [1.807, 2.05) is 49.3 Å². The average molecular weight is 359 g/mol. The van der Waals surface area contributed by atoms with Gasteiger partial charge in [-0.25, -0.2) is 0 Å². The fraction of sp³-hybridized carbons (Fsp3) is 0.0870. The van der Waals surface area contributed by atoms with E-state index in [1.54, 1.807) is 12.3 Å². The molecule has 0 unspecified atom stereocenters. The molecule has 0 radical (unpaired) electrons. The first kappa shape index (κ1) is 18.1. The van der Waals surface area contributed by atoms with Gasteiger partial charge in [-0.3, -0.25) is 4.79 Å². The maximum atomic E-state index is 12.5. The van der Waals surface area contributed by atoms with E-state index < -0.39 is 7.92 Å². The topological polar surface area (TPSA) is 20.3 Å². The van der Waals surface area contributed by atoms with Crippen LogP contribution in [0.2, 0.25) is 0 Å². The lowest BCUT2D eigenvalue weighted by Crippen LogP contribution is -2.21. The lowest BCUT2D eigenvalue weighted by molar-refractivity contribution is 0.104. The first-order chi connectivity index (χ1) is 12.6. The minimum Gasteiger partial charge on any atom is -0.383 e. The van der Waals surface area contributed by atoms with Crippen LogP contribution in [0.15, 0.2) is 97.2 Å². The third kappa shape index (κ3) is 4.47.